The first-order chi connectivity index (χ1) is 26.3. The second-order valence-electron chi connectivity index (χ2n) is 14.3. The van der Waals surface area contributed by atoms with Gasteiger partial charge < -0.3 is 19.3 Å². The van der Waals surface area contributed by atoms with Crippen LogP contribution in [0.15, 0.2) is 60.8 Å². The third-order valence-corrected chi connectivity index (χ3v) is 9.54. The Hall–Kier alpha value is -2.25. The van der Waals surface area contributed by atoms with Crippen LogP contribution in [0.3, 0.4) is 0 Å². The molecule has 8 nitrogen and oxygen atoms in total. The van der Waals surface area contributed by atoms with Gasteiger partial charge in [0, 0.05) is 12.8 Å². The van der Waals surface area contributed by atoms with Gasteiger partial charge in [0.05, 0.1) is 6.61 Å². The highest BCUT2D eigenvalue weighted by atomic mass is 31.2. The highest BCUT2D eigenvalue weighted by Crippen LogP contribution is 2.36. The van der Waals surface area contributed by atoms with E-state index in [9.17, 15) is 14.2 Å². The van der Waals surface area contributed by atoms with Crippen LogP contribution in [0.5, 0.6) is 0 Å². The van der Waals surface area contributed by atoms with Crippen molar-refractivity contribution in [1.82, 2.24) is 0 Å². The van der Waals surface area contributed by atoms with Crippen LogP contribution in [0.4, 0.5) is 0 Å². The van der Waals surface area contributed by atoms with Crippen LogP contribution in [0, 0.1) is 0 Å². The van der Waals surface area contributed by atoms with E-state index in [1.165, 1.54) is 89.9 Å². The quantitative estimate of drug-likeness (QED) is 0.0274. The molecule has 0 saturated heterocycles. The van der Waals surface area contributed by atoms with E-state index in [0.717, 1.165) is 70.6 Å². The van der Waals surface area contributed by atoms with Crippen LogP contribution in [0.2, 0.25) is 0 Å². The number of esters is 2. The van der Waals surface area contributed by atoms with Crippen molar-refractivity contribution in [2.75, 3.05) is 13.2 Å². The van der Waals surface area contributed by atoms with Crippen molar-refractivity contribution in [3.63, 3.8) is 0 Å². The van der Waals surface area contributed by atoms with Crippen LogP contribution in [0.25, 0.3) is 0 Å². The molecule has 0 amide bonds. The third kappa shape index (κ3) is 42.5. The van der Waals surface area contributed by atoms with Crippen molar-refractivity contribution in [1.29, 1.82) is 0 Å². The summed E-state index contributed by atoms with van der Waals surface area (Å²) in [5.41, 5.74) is 0. The van der Waals surface area contributed by atoms with Crippen LogP contribution in [-0.4, -0.2) is 41.0 Å². The maximum Gasteiger partial charge on any atom is 0.469 e. The summed E-state index contributed by atoms with van der Waals surface area (Å²) in [5.74, 6) is -0.920. The minimum atomic E-state index is -4.77. The molecule has 0 aliphatic rings. The number of phosphoric acid groups is 1. The van der Waals surface area contributed by atoms with Gasteiger partial charge in [-0.1, -0.05) is 184 Å². The first-order valence-electron chi connectivity index (χ1n) is 21.6. The van der Waals surface area contributed by atoms with Gasteiger partial charge in [0.15, 0.2) is 6.10 Å². The Morgan fingerprint density at radius 3 is 1.33 bits per heavy atom. The van der Waals surface area contributed by atoms with Crippen molar-refractivity contribution >= 4 is 19.8 Å². The lowest BCUT2D eigenvalue weighted by Gasteiger charge is -2.18. The lowest BCUT2D eigenvalue weighted by molar-refractivity contribution is -0.161. The second kappa shape index (κ2) is 40.4. The minimum absolute atomic E-state index is 0.172. The average molecular weight is 779 g/mol. The van der Waals surface area contributed by atoms with Crippen LogP contribution >= 0.6 is 7.82 Å². The molecule has 1 atom stereocenters. The third-order valence-electron chi connectivity index (χ3n) is 9.05. The van der Waals surface area contributed by atoms with Gasteiger partial charge in [0.25, 0.3) is 0 Å². The predicted molar refractivity (Wildman–Crippen MR) is 225 cm³/mol. The fraction of sp³-hybridized carbons (Fsp3) is 0.733. The molecule has 0 aliphatic carbocycles. The molecule has 2 N–H and O–H groups in total. The molecule has 0 aromatic rings. The molecule has 0 spiro atoms. The fourth-order valence-electron chi connectivity index (χ4n) is 5.87. The molecule has 0 radical (unpaired) electrons. The number of hydrogen-bond donors (Lipinski definition) is 2. The SMILES string of the molecule is CC/C=C\C/C=C\C/C=C\C/C=C\C/C=C\CCCCCC(=O)O[C@H](COC(=O)CCCCCCCCCCCCCCCCCCC)COP(=O)(O)O. The maximum absolute atomic E-state index is 12.4. The molecule has 0 bridgehead atoms. The van der Waals surface area contributed by atoms with Crippen LogP contribution in [-0.2, 0) is 28.2 Å². The molecule has 54 heavy (non-hydrogen) atoms. The van der Waals surface area contributed by atoms with E-state index in [1.807, 2.05) is 0 Å². The molecule has 0 aromatic carbocycles. The molecule has 0 rings (SSSR count). The number of allylic oxidation sites excluding steroid dienone is 10. The topological polar surface area (TPSA) is 119 Å². The molecular weight excluding hydrogens is 699 g/mol. The van der Waals surface area contributed by atoms with Gasteiger partial charge >= 0.3 is 19.8 Å². The number of rotatable bonds is 39. The smallest absolute Gasteiger partial charge is 0.462 e. The van der Waals surface area contributed by atoms with Gasteiger partial charge in [-0.05, 0) is 57.8 Å². The zero-order chi connectivity index (χ0) is 39.6. The largest absolute Gasteiger partial charge is 0.469 e. The molecule has 9 heteroatoms. The van der Waals surface area contributed by atoms with E-state index in [1.54, 1.807) is 0 Å². The molecule has 0 aromatic heterocycles. The first kappa shape index (κ1) is 51.8. The summed E-state index contributed by atoms with van der Waals surface area (Å²) in [6, 6.07) is 0. The number of carbonyl (C=O) groups excluding carboxylic acids is 2. The first-order valence-corrected chi connectivity index (χ1v) is 23.1. The lowest BCUT2D eigenvalue weighted by atomic mass is 10.0. The van der Waals surface area contributed by atoms with Gasteiger partial charge in [-0.2, -0.15) is 0 Å². The Morgan fingerprint density at radius 1 is 0.500 bits per heavy atom. The van der Waals surface area contributed by atoms with Gasteiger partial charge in [-0.25, -0.2) is 4.57 Å². The van der Waals surface area contributed by atoms with Gasteiger partial charge in [-0.3, -0.25) is 14.1 Å². The van der Waals surface area contributed by atoms with Gasteiger partial charge in [0.2, 0.25) is 0 Å². The monoisotopic (exact) mass is 779 g/mol. The molecule has 0 aliphatic heterocycles. The summed E-state index contributed by atoms with van der Waals surface area (Å²) < 4.78 is 26.4. The van der Waals surface area contributed by atoms with E-state index < -0.39 is 32.5 Å². The number of hydrogen-bond acceptors (Lipinski definition) is 6. The maximum atomic E-state index is 12.4. The number of phosphoric ester groups is 1. The van der Waals surface area contributed by atoms with Crippen molar-refractivity contribution < 1.29 is 37.9 Å². The van der Waals surface area contributed by atoms with Gasteiger partial charge in [-0.15, -0.1) is 0 Å². The van der Waals surface area contributed by atoms with Crippen LogP contribution in [0.1, 0.15) is 194 Å². The van der Waals surface area contributed by atoms with E-state index in [0.29, 0.717) is 6.42 Å². The lowest BCUT2D eigenvalue weighted by Crippen LogP contribution is -2.29. The molecule has 312 valence electrons. The molecule has 0 saturated carbocycles. The molecule has 0 fully saturated rings. The zero-order valence-corrected chi connectivity index (χ0v) is 35.2. The van der Waals surface area contributed by atoms with E-state index >= 15 is 0 Å². The van der Waals surface area contributed by atoms with Crippen molar-refractivity contribution in [3.8, 4) is 0 Å². The standard InChI is InChI=1S/C45H79O8P/c1-3-5-7-9-11-13-15-17-19-21-22-24-26-28-30-32-34-36-38-40-45(47)53-43(42-52-54(48,49)50)41-51-44(46)39-37-35-33-31-29-27-25-23-20-18-16-14-12-10-8-6-4-2/h5,7,11,13,17,19,22,24,28,30,43H,3-4,6,8-10,12,14-16,18,20-21,23,25-27,29,31-42H2,1-2H3,(H2,48,49,50)/b7-5-,13-11-,19-17-,24-22-,30-28-/t43-/m1/s1. The Kier molecular flexibility index (Phi) is 38.7. The summed E-state index contributed by atoms with van der Waals surface area (Å²) in [6.45, 7) is 3.56. The summed E-state index contributed by atoms with van der Waals surface area (Å²) >= 11 is 0. The Balaban J connectivity index is 3.97. The number of ether oxygens (including phenoxy) is 2. The van der Waals surface area contributed by atoms with Crippen LogP contribution < -0.4 is 0 Å². The molecule has 0 heterocycles. The summed E-state index contributed by atoms with van der Waals surface area (Å²) in [7, 11) is -4.77. The van der Waals surface area contributed by atoms with E-state index in [-0.39, 0.29) is 19.4 Å². The predicted octanol–water partition coefficient (Wildman–Crippen LogP) is 13.3. The van der Waals surface area contributed by atoms with E-state index in [4.69, 9.17) is 19.3 Å². The minimum Gasteiger partial charge on any atom is -0.462 e. The van der Waals surface area contributed by atoms with Gasteiger partial charge in [0.1, 0.15) is 6.61 Å². The normalized spacial score (nSPS) is 13.0. The highest BCUT2D eigenvalue weighted by Gasteiger charge is 2.22. The molecular formula is C45H79O8P. The summed E-state index contributed by atoms with van der Waals surface area (Å²) in [6.07, 6.45) is 50.8. The summed E-state index contributed by atoms with van der Waals surface area (Å²) in [5, 5.41) is 0. The average Bonchev–Trinajstić information content (AvgIpc) is 3.14. The second-order valence-corrected chi connectivity index (χ2v) is 15.5. The Labute approximate surface area is 330 Å². The number of unbranched alkanes of at least 4 members (excludes halogenated alkanes) is 19. The molecule has 0 unspecified atom stereocenters. The Morgan fingerprint density at radius 2 is 0.889 bits per heavy atom. The summed E-state index contributed by atoms with van der Waals surface area (Å²) in [4.78, 5) is 42.9. The Bertz CT molecular complexity index is 1060. The van der Waals surface area contributed by atoms with Crippen molar-refractivity contribution in [2.24, 2.45) is 0 Å². The zero-order valence-electron chi connectivity index (χ0n) is 34.4. The van der Waals surface area contributed by atoms with Crippen molar-refractivity contribution in [3.05, 3.63) is 60.8 Å². The highest BCUT2D eigenvalue weighted by molar-refractivity contribution is 7.46. The fourth-order valence-corrected chi connectivity index (χ4v) is 6.23. The van der Waals surface area contributed by atoms with E-state index in [2.05, 4.69) is 79.1 Å². The number of carbonyl (C=O) groups is 2. The van der Waals surface area contributed by atoms with Crippen molar-refractivity contribution in [2.45, 2.75) is 200 Å².